The Kier molecular flexibility index (Phi) is 5.14. The van der Waals surface area contributed by atoms with E-state index in [2.05, 4.69) is 10.3 Å². The number of nitrogens with zero attached hydrogens (tertiary/aromatic N) is 1. The summed E-state index contributed by atoms with van der Waals surface area (Å²) in [6, 6.07) is 18.2. The van der Waals surface area contributed by atoms with E-state index in [1.54, 1.807) is 18.2 Å². The van der Waals surface area contributed by atoms with Crippen LogP contribution in [0.4, 0.5) is 18.9 Å². The van der Waals surface area contributed by atoms with E-state index in [1.807, 2.05) is 41.8 Å². The lowest BCUT2D eigenvalue weighted by Crippen LogP contribution is -2.15. The Morgan fingerprint density at radius 2 is 1.62 bits per heavy atom. The molecule has 4 rings (SSSR count). The SMILES string of the molecule is O=C(Nc1cccc(-c2csc(-c3ccccc3)n2)c1)c1ccc(F)c(F)c1F. The number of amides is 1. The molecule has 0 saturated heterocycles. The summed E-state index contributed by atoms with van der Waals surface area (Å²) in [4.78, 5) is 16.9. The predicted octanol–water partition coefficient (Wildman–Crippen LogP) is 6.15. The van der Waals surface area contributed by atoms with Gasteiger partial charge >= 0.3 is 0 Å². The first-order valence-electron chi connectivity index (χ1n) is 8.59. The molecule has 0 bridgehead atoms. The summed E-state index contributed by atoms with van der Waals surface area (Å²) >= 11 is 1.49. The fourth-order valence-corrected chi connectivity index (χ4v) is 3.61. The summed E-state index contributed by atoms with van der Waals surface area (Å²) in [7, 11) is 0. The molecule has 0 saturated carbocycles. The van der Waals surface area contributed by atoms with Gasteiger partial charge in [-0.3, -0.25) is 4.79 Å². The lowest BCUT2D eigenvalue weighted by molar-refractivity contribution is 0.102. The van der Waals surface area contributed by atoms with Crippen LogP contribution in [0.1, 0.15) is 10.4 Å². The van der Waals surface area contributed by atoms with E-state index in [0.717, 1.165) is 27.9 Å². The second-order valence-corrected chi connectivity index (χ2v) is 7.02. The van der Waals surface area contributed by atoms with E-state index in [1.165, 1.54) is 11.3 Å². The van der Waals surface area contributed by atoms with Gasteiger partial charge in [-0.15, -0.1) is 11.3 Å². The predicted molar refractivity (Wildman–Crippen MR) is 107 cm³/mol. The number of carbonyl (C=O) groups excluding carboxylic acids is 1. The number of anilines is 1. The lowest BCUT2D eigenvalue weighted by Gasteiger charge is -2.08. The van der Waals surface area contributed by atoms with Gasteiger partial charge in [0.15, 0.2) is 17.5 Å². The van der Waals surface area contributed by atoms with Crippen LogP contribution in [0.15, 0.2) is 72.1 Å². The summed E-state index contributed by atoms with van der Waals surface area (Å²) < 4.78 is 40.3. The van der Waals surface area contributed by atoms with Gasteiger partial charge in [-0.1, -0.05) is 42.5 Å². The minimum absolute atomic E-state index is 0.380. The molecule has 3 nitrogen and oxygen atoms in total. The molecule has 3 aromatic carbocycles. The zero-order chi connectivity index (χ0) is 20.4. The number of aromatic nitrogens is 1. The third kappa shape index (κ3) is 3.90. The average molecular weight is 410 g/mol. The van der Waals surface area contributed by atoms with Crippen molar-refractivity contribution in [2.24, 2.45) is 0 Å². The third-order valence-electron chi connectivity index (χ3n) is 4.22. The van der Waals surface area contributed by atoms with Gasteiger partial charge in [0, 0.05) is 22.2 Å². The first kappa shape index (κ1) is 18.9. The van der Waals surface area contributed by atoms with Gasteiger partial charge in [-0.05, 0) is 24.3 Å². The first-order chi connectivity index (χ1) is 14.0. The summed E-state index contributed by atoms with van der Waals surface area (Å²) in [5.41, 5.74) is 2.29. The standard InChI is InChI=1S/C22H13F3N2OS/c23-17-10-9-16(19(24)20(17)25)21(28)26-15-8-4-7-14(11-15)18-12-29-22(27-18)13-5-2-1-3-6-13/h1-12H,(H,26,28). The quantitative estimate of drug-likeness (QED) is 0.410. The molecule has 1 N–H and O–H groups in total. The number of benzene rings is 3. The molecule has 1 aromatic heterocycles. The summed E-state index contributed by atoms with van der Waals surface area (Å²) in [5.74, 6) is -5.42. The van der Waals surface area contributed by atoms with Crippen LogP contribution in [-0.4, -0.2) is 10.9 Å². The van der Waals surface area contributed by atoms with Gasteiger partial charge in [-0.2, -0.15) is 0 Å². The summed E-state index contributed by atoms with van der Waals surface area (Å²) in [5, 5.41) is 5.26. The van der Waals surface area contributed by atoms with Crippen molar-refractivity contribution in [1.29, 1.82) is 0 Å². The van der Waals surface area contributed by atoms with Crippen LogP contribution in [0.5, 0.6) is 0 Å². The number of carbonyl (C=O) groups is 1. The van der Waals surface area contributed by atoms with Crippen LogP contribution in [0.3, 0.4) is 0 Å². The fourth-order valence-electron chi connectivity index (χ4n) is 2.78. The van der Waals surface area contributed by atoms with Crippen molar-refractivity contribution in [3.63, 3.8) is 0 Å². The molecule has 0 spiro atoms. The highest BCUT2D eigenvalue weighted by atomic mass is 32.1. The van der Waals surface area contributed by atoms with Crippen LogP contribution in [0.2, 0.25) is 0 Å². The second kappa shape index (κ2) is 7.89. The summed E-state index contributed by atoms with van der Waals surface area (Å²) in [6.07, 6.45) is 0. The molecule has 0 aliphatic heterocycles. The molecule has 0 atom stereocenters. The maximum atomic E-state index is 13.8. The Morgan fingerprint density at radius 3 is 2.41 bits per heavy atom. The lowest BCUT2D eigenvalue weighted by atomic mass is 10.1. The zero-order valence-corrected chi connectivity index (χ0v) is 15.6. The number of thiazole rings is 1. The van der Waals surface area contributed by atoms with E-state index >= 15 is 0 Å². The van der Waals surface area contributed by atoms with Crippen LogP contribution < -0.4 is 5.32 Å². The second-order valence-electron chi connectivity index (χ2n) is 6.16. The summed E-state index contributed by atoms with van der Waals surface area (Å²) in [6.45, 7) is 0. The zero-order valence-electron chi connectivity index (χ0n) is 14.8. The van der Waals surface area contributed by atoms with E-state index in [4.69, 9.17) is 0 Å². The van der Waals surface area contributed by atoms with Crippen molar-refractivity contribution in [1.82, 2.24) is 4.98 Å². The van der Waals surface area contributed by atoms with Crippen molar-refractivity contribution in [3.8, 4) is 21.8 Å². The molecular weight excluding hydrogens is 397 g/mol. The maximum Gasteiger partial charge on any atom is 0.258 e. The van der Waals surface area contributed by atoms with Gasteiger partial charge in [-0.25, -0.2) is 18.2 Å². The molecule has 1 heterocycles. The van der Waals surface area contributed by atoms with Gasteiger partial charge < -0.3 is 5.32 Å². The fraction of sp³-hybridized carbons (Fsp3) is 0. The number of halogens is 3. The molecule has 0 fully saturated rings. The van der Waals surface area contributed by atoms with Crippen LogP contribution in [0.25, 0.3) is 21.8 Å². The van der Waals surface area contributed by atoms with E-state index < -0.39 is 28.9 Å². The molecule has 0 unspecified atom stereocenters. The van der Waals surface area contributed by atoms with Crippen molar-refractivity contribution < 1.29 is 18.0 Å². The third-order valence-corrected chi connectivity index (χ3v) is 5.11. The topological polar surface area (TPSA) is 42.0 Å². The Morgan fingerprint density at radius 1 is 0.862 bits per heavy atom. The molecule has 144 valence electrons. The Labute approximate surface area is 168 Å². The average Bonchev–Trinajstić information content (AvgIpc) is 3.23. The Hall–Kier alpha value is -3.45. The van der Waals surface area contributed by atoms with Crippen LogP contribution in [0, 0.1) is 17.5 Å². The number of nitrogens with one attached hydrogen (secondary N) is 1. The molecule has 1 amide bonds. The first-order valence-corrected chi connectivity index (χ1v) is 9.47. The molecule has 7 heteroatoms. The minimum atomic E-state index is -1.68. The van der Waals surface area contributed by atoms with E-state index in [0.29, 0.717) is 11.8 Å². The van der Waals surface area contributed by atoms with Crippen molar-refractivity contribution in [3.05, 3.63) is 95.1 Å². The molecule has 0 radical (unpaired) electrons. The highest BCUT2D eigenvalue weighted by Crippen LogP contribution is 2.30. The highest BCUT2D eigenvalue weighted by molar-refractivity contribution is 7.13. The Balaban J connectivity index is 1.58. The van der Waals surface area contributed by atoms with E-state index in [9.17, 15) is 18.0 Å². The van der Waals surface area contributed by atoms with Gasteiger partial charge in [0.2, 0.25) is 0 Å². The Bertz CT molecular complexity index is 1190. The molecule has 4 aromatic rings. The monoisotopic (exact) mass is 410 g/mol. The molecule has 0 aliphatic rings. The minimum Gasteiger partial charge on any atom is -0.322 e. The van der Waals surface area contributed by atoms with Gasteiger partial charge in [0.25, 0.3) is 5.91 Å². The number of rotatable bonds is 4. The molecule has 0 aliphatic carbocycles. The molecular formula is C22H13F3N2OS. The molecule has 29 heavy (non-hydrogen) atoms. The van der Waals surface area contributed by atoms with Crippen molar-refractivity contribution in [2.45, 2.75) is 0 Å². The van der Waals surface area contributed by atoms with Crippen molar-refractivity contribution in [2.75, 3.05) is 5.32 Å². The van der Waals surface area contributed by atoms with E-state index in [-0.39, 0.29) is 0 Å². The highest BCUT2D eigenvalue weighted by Gasteiger charge is 2.19. The normalized spacial score (nSPS) is 10.7. The smallest absolute Gasteiger partial charge is 0.258 e. The number of hydrogen-bond donors (Lipinski definition) is 1. The maximum absolute atomic E-state index is 13.8. The van der Waals surface area contributed by atoms with Gasteiger partial charge in [0.1, 0.15) is 5.01 Å². The van der Waals surface area contributed by atoms with Crippen LogP contribution in [-0.2, 0) is 0 Å². The van der Waals surface area contributed by atoms with Crippen LogP contribution >= 0.6 is 11.3 Å². The van der Waals surface area contributed by atoms with Gasteiger partial charge in [0.05, 0.1) is 11.3 Å². The van der Waals surface area contributed by atoms with Crippen molar-refractivity contribution >= 4 is 22.9 Å². The largest absolute Gasteiger partial charge is 0.322 e. The number of hydrogen-bond acceptors (Lipinski definition) is 3.